The highest BCUT2D eigenvalue weighted by molar-refractivity contribution is 7.22. The number of carbonyl (C=O) groups is 1. The van der Waals surface area contributed by atoms with Crippen molar-refractivity contribution in [1.29, 1.82) is 0 Å². The fourth-order valence-corrected chi connectivity index (χ4v) is 4.12. The maximum atomic E-state index is 12.3. The van der Waals surface area contributed by atoms with Crippen LogP contribution in [0.3, 0.4) is 0 Å². The van der Waals surface area contributed by atoms with Gasteiger partial charge in [0.2, 0.25) is 0 Å². The lowest BCUT2D eigenvalue weighted by Gasteiger charge is -1.98. The lowest BCUT2D eigenvalue weighted by Crippen LogP contribution is -2.11. The summed E-state index contributed by atoms with van der Waals surface area (Å²) < 4.78 is 0. The molecule has 1 amide bonds. The van der Waals surface area contributed by atoms with Gasteiger partial charge in [-0.25, -0.2) is 9.97 Å². The van der Waals surface area contributed by atoms with E-state index in [2.05, 4.69) is 15.3 Å². The van der Waals surface area contributed by atoms with E-state index in [1.807, 2.05) is 36.7 Å². The van der Waals surface area contributed by atoms with Gasteiger partial charge in [0.25, 0.3) is 5.91 Å². The lowest BCUT2D eigenvalue weighted by molar-refractivity contribution is 0.103. The summed E-state index contributed by atoms with van der Waals surface area (Å²) in [6.45, 7) is 3.76. The molecule has 1 N–H and O–H groups in total. The summed E-state index contributed by atoms with van der Waals surface area (Å²) in [7, 11) is 0. The van der Waals surface area contributed by atoms with Crippen LogP contribution < -0.4 is 5.32 Å². The zero-order valence-corrected chi connectivity index (χ0v) is 13.3. The van der Waals surface area contributed by atoms with Crippen LogP contribution in [-0.4, -0.2) is 15.9 Å². The van der Waals surface area contributed by atoms with Crippen LogP contribution in [0.1, 0.15) is 21.1 Å². The molecule has 0 spiro atoms. The smallest absolute Gasteiger partial charge is 0.269 e. The van der Waals surface area contributed by atoms with E-state index in [1.54, 1.807) is 11.3 Å². The molecule has 0 unspecified atom stereocenters. The zero-order valence-electron chi connectivity index (χ0n) is 10.8. The average molecular weight is 321 g/mol. The summed E-state index contributed by atoms with van der Waals surface area (Å²) in [6.07, 6.45) is 0. The number of aryl methyl sites for hydroxylation is 2. The standard InChI is InChI=1S/C13H11N3OS3/c1-7-6-19-13(14-7)16-11(17)10-8(2)15-12(20-10)9-4-3-5-18-9/h3-6H,1-2H3,(H,14,16,17). The van der Waals surface area contributed by atoms with E-state index in [0.29, 0.717) is 10.0 Å². The number of carbonyl (C=O) groups excluding carboxylic acids is 1. The van der Waals surface area contributed by atoms with E-state index in [-0.39, 0.29) is 5.91 Å². The molecule has 3 aromatic heterocycles. The van der Waals surface area contributed by atoms with Gasteiger partial charge in [0.15, 0.2) is 5.13 Å². The van der Waals surface area contributed by atoms with Gasteiger partial charge in [-0.2, -0.15) is 0 Å². The van der Waals surface area contributed by atoms with Crippen molar-refractivity contribution in [3.05, 3.63) is 39.2 Å². The van der Waals surface area contributed by atoms with Crippen LogP contribution in [0.2, 0.25) is 0 Å². The predicted octanol–water partition coefficient (Wildman–Crippen LogP) is 4.20. The Balaban J connectivity index is 1.85. The van der Waals surface area contributed by atoms with Crippen molar-refractivity contribution in [3.63, 3.8) is 0 Å². The lowest BCUT2D eigenvalue weighted by atomic mass is 10.4. The topological polar surface area (TPSA) is 54.9 Å². The highest BCUT2D eigenvalue weighted by atomic mass is 32.1. The molecule has 0 bridgehead atoms. The summed E-state index contributed by atoms with van der Waals surface area (Å²) in [5.74, 6) is -0.142. The van der Waals surface area contributed by atoms with Gasteiger partial charge in [-0.3, -0.25) is 10.1 Å². The molecular formula is C13H11N3OS3. The minimum atomic E-state index is -0.142. The minimum absolute atomic E-state index is 0.142. The Hall–Kier alpha value is -1.57. The summed E-state index contributed by atoms with van der Waals surface area (Å²) >= 11 is 4.46. The molecule has 3 aromatic rings. The number of hydrogen-bond acceptors (Lipinski definition) is 6. The number of hydrogen-bond donors (Lipinski definition) is 1. The van der Waals surface area contributed by atoms with E-state index in [4.69, 9.17) is 0 Å². The normalized spacial score (nSPS) is 10.7. The first-order valence-electron chi connectivity index (χ1n) is 5.88. The van der Waals surface area contributed by atoms with Gasteiger partial charge in [-0.1, -0.05) is 6.07 Å². The van der Waals surface area contributed by atoms with E-state index in [9.17, 15) is 4.79 Å². The van der Waals surface area contributed by atoms with Gasteiger partial charge in [-0.05, 0) is 25.3 Å². The van der Waals surface area contributed by atoms with Crippen LogP contribution >= 0.6 is 34.0 Å². The third kappa shape index (κ3) is 2.65. The molecule has 3 rings (SSSR count). The average Bonchev–Trinajstić information content (AvgIpc) is 3.09. The largest absolute Gasteiger partial charge is 0.297 e. The van der Waals surface area contributed by atoms with Crippen molar-refractivity contribution >= 4 is 45.0 Å². The fourth-order valence-electron chi connectivity index (χ4n) is 1.68. The van der Waals surface area contributed by atoms with Crippen LogP contribution in [0.15, 0.2) is 22.9 Å². The number of thiophene rings is 1. The molecule has 4 nitrogen and oxygen atoms in total. The van der Waals surface area contributed by atoms with Crippen LogP contribution in [-0.2, 0) is 0 Å². The summed E-state index contributed by atoms with van der Waals surface area (Å²) in [6, 6.07) is 3.99. The number of nitrogens with zero attached hydrogens (tertiary/aromatic N) is 2. The molecule has 0 radical (unpaired) electrons. The number of nitrogens with one attached hydrogen (secondary N) is 1. The molecule has 102 valence electrons. The van der Waals surface area contributed by atoms with E-state index in [1.165, 1.54) is 22.7 Å². The van der Waals surface area contributed by atoms with Gasteiger partial charge in [0, 0.05) is 5.38 Å². The molecule has 7 heteroatoms. The van der Waals surface area contributed by atoms with Gasteiger partial charge in [-0.15, -0.1) is 34.0 Å². The molecule has 0 saturated heterocycles. The number of rotatable bonds is 3. The van der Waals surface area contributed by atoms with Crippen LogP contribution in [0.25, 0.3) is 9.88 Å². The first-order chi connectivity index (χ1) is 9.63. The van der Waals surface area contributed by atoms with E-state index < -0.39 is 0 Å². The maximum Gasteiger partial charge on any atom is 0.269 e. The van der Waals surface area contributed by atoms with Gasteiger partial charge in [0.1, 0.15) is 9.88 Å². The quantitative estimate of drug-likeness (QED) is 0.786. The summed E-state index contributed by atoms with van der Waals surface area (Å²) in [5, 5.41) is 8.24. The zero-order chi connectivity index (χ0) is 14.1. The van der Waals surface area contributed by atoms with E-state index in [0.717, 1.165) is 21.3 Å². The number of aromatic nitrogens is 2. The van der Waals surface area contributed by atoms with Crippen molar-refractivity contribution in [3.8, 4) is 9.88 Å². The molecule has 0 saturated carbocycles. The maximum absolute atomic E-state index is 12.3. The van der Waals surface area contributed by atoms with Crippen molar-refractivity contribution in [1.82, 2.24) is 9.97 Å². The Kier molecular flexibility index (Phi) is 3.64. The molecule has 0 aliphatic rings. The number of anilines is 1. The fraction of sp³-hybridized carbons (Fsp3) is 0.154. The molecule has 0 atom stereocenters. The van der Waals surface area contributed by atoms with Crippen LogP contribution in [0, 0.1) is 13.8 Å². The second-order valence-electron chi connectivity index (χ2n) is 4.16. The van der Waals surface area contributed by atoms with Gasteiger partial charge >= 0.3 is 0 Å². The second-order valence-corrected chi connectivity index (χ2v) is 6.96. The third-order valence-electron chi connectivity index (χ3n) is 2.57. The summed E-state index contributed by atoms with van der Waals surface area (Å²) in [4.78, 5) is 22.7. The van der Waals surface area contributed by atoms with Crippen molar-refractivity contribution in [2.45, 2.75) is 13.8 Å². The predicted molar refractivity (Wildman–Crippen MR) is 85.0 cm³/mol. The van der Waals surface area contributed by atoms with Crippen molar-refractivity contribution in [2.75, 3.05) is 5.32 Å². The summed E-state index contributed by atoms with van der Waals surface area (Å²) in [5.41, 5.74) is 1.66. The second kappa shape index (κ2) is 5.43. The molecule has 3 heterocycles. The van der Waals surface area contributed by atoms with Gasteiger partial charge in [0.05, 0.1) is 16.3 Å². The molecule has 0 aliphatic heterocycles. The van der Waals surface area contributed by atoms with Gasteiger partial charge < -0.3 is 0 Å². The Morgan fingerprint density at radius 2 is 2.10 bits per heavy atom. The SMILES string of the molecule is Cc1csc(NC(=O)c2sc(-c3cccs3)nc2C)n1. The van der Waals surface area contributed by atoms with Crippen molar-refractivity contribution < 1.29 is 4.79 Å². The Morgan fingerprint density at radius 1 is 1.25 bits per heavy atom. The Bertz CT molecular complexity index is 743. The van der Waals surface area contributed by atoms with Crippen LogP contribution in [0.4, 0.5) is 5.13 Å². The number of thiazole rings is 2. The first-order valence-corrected chi connectivity index (χ1v) is 8.46. The monoisotopic (exact) mass is 321 g/mol. The molecule has 0 aliphatic carbocycles. The highest BCUT2D eigenvalue weighted by Crippen LogP contribution is 2.31. The third-order valence-corrected chi connectivity index (χ3v) is 5.65. The molecule has 20 heavy (non-hydrogen) atoms. The molecule has 0 fully saturated rings. The molecular weight excluding hydrogens is 310 g/mol. The van der Waals surface area contributed by atoms with Crippen LogP contribution in [0.5, 0.6) is 0 Å². The first kappa shape index (κ1) is 13.4. The molecule has 0 aromatic carbocycles. The Morgan fingerprint density at radius 3 is 2.75 bits per heavy atom. The Labute approximate surface area is 128 Å². The minimum Gasteiger partial charge on any atom is -0.297 e. The number of amides is 1. The van der Waals surface area contributed by atoms with E-state index >= 15 is 0 Å². The highest BCUT2D eigenvalue weighted by Gasteiger charge is 2.17. The van der Waals surface area contributed by atoms with Crippen molar-refractivity contribution in [2.24, 2.45) is 0 Å².